The normalized spacial score (nSPS) is 12.4. The predicted octanol–water partition coefficient (Wildman–Crippen LogP) is 9.50. The topological polar surface area (TPSA) is 0 Å². The summed E-state index contributed by atoms with van der Waals surface area (Å²) in [5, 5.41) is 0. The van der Waals surface area contributed by atoms with E-state index in [0.29, 0.717) is 0 Å². The minimum atomic E-state index is -0.269. The molecule has 170 valence electrons. The monoisotopic (exact) mass is 434 g/mol. The lowest BCUT2D eigenvalue weighted by molar-refractivity contribution is 0.767. The number of aryl methyl sites for hydroxylation is 2. The lowest BCUT2D eigenvalue weighted by Crippen LogP contribution is -2.28. The Hall–Kier alpha value is -3.12. The van der Waals surface area contributed by atoms with Gasteiger partial charge >= 0.3 is 0 Å². The minimum absolute atomic E-state index is 0.269. The zero-order chi connectivity index (χ0) is 23.8. The summed E-state index contributed by atoms with van der Waals surface area (Å²) in [6.45, 7) is 12.8. The van der Waals surface area contributed by atoms with Crippen LogP contribution in [0.4, 0.5) is 0 Å². The fourth-order valence-corrected chi connectivity index (χ4v) is 4.63. The first-order chi connectivity index (χ1) is 16.0. The van der Waals surface area contributed by atoms with Gasteiger partial charge in [0.1, 0.15) is 0 Å². The van der Waals surface area contributed by atoms with Gasteiger partial charge in [0.05, 0.1) is 5.41 Å². The van der Waals surface area contributed by atoms with Gasteiger partial charge in [-0.05, 0) is 47.2 Å². The average Bonchev–Trinajstić information content (AvgIpc) is 3.13. The van der Waals surface area contributed by atoms with Crippen LogP contribution < -0.4 is 0 Å². The highest BCUT2D eigenvalue weighted by Crippen LogP contribution is 2.55. The standard InChI is InChI=1S/C27H22.2C3H8/c1-19-11-15-21(16-12-19)27(22-17-13-20(2)14-18-22)25-9-5-3-7-23(25)24-8-4-6-10-26(24)27;2*1-3-2/h3-18H,1-2H3;2*3H2,1-2H3. The van der Waals surface area contributed by atoms with E-state index >= 15 is 0 Å². The molecule has 1 aliphatic carbocycles. The van der Waals surface area contributed by atoms with Gasteiger partial charge in [-0.2, -0.15) is 0 Å². The van der Waals surface area contributed by atoms with Crippen LogP contribution in [0.2, 0.25) is 0 Å². The summed E-state index contributed by atoms with van der Waals surface area (Å²) < 4.78 is 0. The van der Waals surface area contributed by atoms with E-state index in [4.69, 9.17) is 0 Å². The zero-order valence-corrected chi connectivity index (χ0v) is 21.2. The molecular formula is C33H38. The van der Waals surface area contributed by atoms with E-state index in [2.05, 4.69) is 139 Å². The first kappa shape index (κ1) is 24.5. The predicted molar refractivity (Wildman–Crippen MR) is 145 cm³/mol. The summed E-state index contributed by atoms with van der Waals surface area (Å²) in [7, 11) is 0. The van der Waals surface area contributed by atoms with Crippen molar-refractivity contribution in [2.45, 2.75) is 59.8 Å². The summed E-state index contributed by atoms with van der Waals surface area (Å²) >= 11 is 0. The number of hydrogen-bond acceptors (Lipinski definition) is 0. The van der Waals surface area contributed by atoms with E-state index in [-0.39, 0.29) is 5.41 Å². The number of fused-ring (bicyclic) bond motifs is 3. The second-order valence-electron chi connectivity index (χ2n) is 8.99. The fraction of sp³-hybridized carbons (Fsp3) is 0.273. The van der Waals surface area contributed by atoms with Gasteiger partial charge < -0.3 is 0 Å². The third-order valence-electron chi connectivity index (χ3n) is 5.92. The molecule has 33 heavy (non-hydrogen) atoms. The van der Waals surface area contributed by atoms with Crippen molar-refractivity contribution in [1.29, 1.82) is 0 Å². The Morgan fingerprint density at radius 1 is 0.455 bits per heavy atom. The van der Waals surface area contributed by atoms with E-state index < -0.39 is 0 Å². The van der Waals surface area contributed by atoms with Crippen molar-refractivity contribution in [2.75, 3.05) is 0 Å². The molecule has 4 aromatic carbocycles. The van der Waals surface area contributed by atoms with Crippen molar-refractivity contribution < 1.29 is 0 Å². The Balaban J connectivity index is 0.000000464. The Kier molecular flexibility index (Phi) is 8.28. The van der Waals surface area contributed by atoms with Gasteiger partial charge in [-0.15, -0.1) is 0 Å². The second kappa shape index (κ2) is 11.1. The maximum Gasteiger partial charge on any atom is 0.0713 e. The van der Waals surface area contributed by atoms with Crippen LogP contribution in [0.25, 0.3) is 11.1 Å². The Morgan fingerprint density at radius 2 is 0.758 bits per heavy atom. The van der Waals surface area contributed by atoms with Crippen LogP contribution in [0.15, 0.2) is 97.1 Å². The minimum Gasteiger partial charge on any atom is -0.0656 e. The molecule has 0 bridgehead atoms. The first-order valence-corrected chi connectivity index (χ1v) is 12.4. The van der Waals surface area contributed by atoms with Crippen molar-refractivity contribution in [3.63, 3.8) is 0 Å². The Labute approximate surface area is 201 Å². The van der Waals surface area contributed by atoms with Crippen molar-refractivity contribution in [3.05, 3.63) is 130 Å². The highest BCUT2D eigenvalue weighted by atomic mass is 14.5. The molecule has 0 heteroatoms. The van der Waals surface area contributed by atoms with E-state index in [1.807, 2.05) is 0 Å². The van der Waals surface area contributed by atoms with Gasteiger partial charge in [-0.3, -0.25) is 0 Å². The molecule has 0 amide bonds. The largest absolute Gasteiger partial charge is 0.0713 e. The molecule has 0 aromatic heterocycles. The molecular weight excluding hydrogens is 396 g/mol. The zero-order valence-electron chi connectivity index (χ0n) is 21.2. The van der Waals surface area contributed by atoms with E-state index in [9.17, 15) is 0 Å². The van der Waals surface area contributed by atoms with Gasteiger partial charge in [-0.1, -0.05) is 149 Å². The van der Waals surface area contributed by atoms with Crippen molar-refractivity contribution in [2.24, 2.45) is 0 Å². The van der Waals surface area contributed by atoms with Crippen LogP contribution in [0.5, 0.6) is 0 Å². The molecule has 0 unspecified atom stereocenters. The van der Waals surface area contributed by atoms with Crippen LogP contribution in [-0.2, 0) is 5.41 Å². The number of hydrogen-bond donors (Lipinski definition) is 0. The van der Waals surface area contributed by atoms with Crippen LogP contribution in [0.3, 0.4) is 0 Å². The fourth-order valence-electron chi connectivity index (χ4n) is 4.63. The van der Waals surface area contributed by atoms with Gasteiger partial charge in [0.25, 0.3) is 0 Å². The molecule has 4 aromatic rings. The molecule has 0 heterocycles. The van der Waals surface area contributed by atoms with Crippen LogP contribution in [-0.4, -0.2) is 0 Å². The molecule has 5 rings (SSSR count). The van der Waals surface area contributed by atoms with E-state index in [1.54, 1.807) is 0 Å². The average molecular weight is 435 g/mol. The lowest BCUT2D eigenvalue weighted by Gasteiger charge is -2.34. The highest BCUT2D eigenvalue weighted by molar-refractivity contribution is 5.86. The Bertz CT molecular complexity index is 1050. The maximum absolute atomic E-state index is 2.30. The summed E-state index contributed by atoms with van der Waals surface area (Å²) in [6, 6.07) is 35.9. The van der Waals surface area contributed by atoms with Gasteiger partial charge in [0.15, 0.2) is 0 Å². The summed E-state index contributed by atoms with van der Waals surface area (Å²) in [6.07, 6.45) is 2.50. The molecule has 0 atom stereocenters. The van der Waals surface area contributed by atoms with Gasteiger partial charge in [0, 0.05) is 0 Å². The summed E-state index contributed by atoms with van der Waals surface area (Å²) in [5.74, 6) is 0. The summed E-state index contributed by atoms with van der Waals surface area (Å²) in [5.41, 5.74) is 10.4. The van der Waals surface area contributed by atoms with Crippen LogP contribution in [0.1, 0.15) is 73.9 Å². The smallest absolute Gasteiger partial charge is 0.0656 e. The lowest BCUT2D eigenvalue weighted by atomic mass is 9.67. The molecule has 0 N–H and O–H groups in total. The van der Waals surface area contributed by atoms with Gasteiger partial charge in [0.2, 0.25) is 0 Å². The maximum atomic E-state index is 2.30. The molecule has 0 aliphatic heterocycles. The molecule has 1 aliphatic rings. The van der Waals surface area contributed by atoms with Crippen molar-refractivity contribution >= 4 is 0 Å². The van der Waals surface area contributed by atoms with E-state index in [1.165, 1.54) is 57.3 Å². The number of rotatable bonds is 2. The van der Waals surface area contributed by atoms with Crippen LogP contribution in [0, 0.1) is 13.8 Å². The third kappa shape index (κ3) is 4.67. The summed E-state index contributed by atoms with van der Waals surface area (Å²) in [4.78, 5) is 0. The SMILES string of the molecule is CCC.CCC.Cc1ccc(C2(c3ccc(C)cc3)c3ccccc3-c3ccccc32)cc1. The molecule has 0 spiro atoms. The second-order valence-corrected chi connectivity index (χ2v) is 8.99. The molecule has 0 saturated heterocycles. The highest BCUT2D eigenvalue weighted by Gasteiger charge is 2.45. The Morgan fingerprint density at radius 3 is 1.09 bits per heavy atom. The van der Waals surface area contributed by atoms with Gasteiger partial charge in [-0.25, -0.2) is 0 Å². The first-order valence-electron chi connectivity index (χ1n) is 12.4. The molecule has 0 radical (unpaired) electrons. The van der Waals surface area contributed by atoms with Crippen molar-refractivity contribution in [1.82, 2.24) is 0 Å². The molecule has 0 saturated carbocycles. The quantitative estimate of drug-likeness (QED) is 0.259. The molecule has 0 fully saturated rings. The molecule has 0 nitrogen and oxygen atoms in total. The van der Waals surface area contributed by atoms with Crippen LogP contribution >= 0.6 is 0 Å². The number of benzene rings is 4. The van der Waals surface area contributed by atoms with E-state index in [0.717, 1.165) is 0 Å². The van der Waals surface area contributed by atoms with Crippen molar-refractivity contribution in [3.8, 4) is 11.1 Å². The third-order valence-corrected chi connectivity index (χ3v) is 5.92.